The van der Waals surface area contributed by atoms with Gasteiger partial charge in [0.25, 0.3) is 0 Å². The lowest BCUT2D eigenvalue weighted by Gasteiger charge is -2.17. The van der Waals surface area contributed by atoms with Gasteiger partial charge in [0, 0.05) is 29.4 Å². The average molecular weight is 320 g/mol. The van der Waals surface area contributed by atoms with E-state index in [4.69, 9.17) is 0 Å². The number of carbonyl (C=O) groups is 1. The molecule has 1 aliphatic heterocycles. The number of nitrogens with zero attached hydrogens (tertiary/aromatic N) is 1. The first-order valence-corrected chi connectivity index (χ1v) is 7.60. The second-order valence-electron chi connectivity index (χ2n) is 4.72. The van der Waals surface area contributed by atoms with Gasteiger partial charge in [-0.15, -0.1) is 0 Å². The number of carbonyl (C=O) groups excluding carboxylic acids is 1. The molecule has 19 heavy (non-hydrogen) atoms. The van der Waals surface area contributed by atoms with Crippen LogP contribution in [0.5, 0.6) is 0 Å². The molecule has 100 valence electrons. The summed E-state index contributed by atoms with van der Waals surface area (Å²) >= 11 is 3.47. The van der Waals surface area contributed by atoms with Crippen molar-refractivity contribution in [1.82, 2.24) is 0 Å². The van der Waals surface area contributed by atoms with E-state index in [1.54, 1.807) is 0 Å². The summed E-state index contributed by atoms with van der Waals surface area (Å²) in [5.74, 6) is 6.62. The van der Waals surface area contributed by atoms with Crippen molar-refractivity contribution >= 4 is 27.5 Å². The Morgan fingerprint density at radius 2 is 2.26 bits per heavy atom. The fraction of sp³-hybridized carbons (Fsp3) is 0.438. The summed E-state index contributed by atoms with van der Waals surface area (Å²) in [7, 11) is 0. The summed E-state index contributed by atoms with van der Waals surface area (Å²) in [5, 5.41) is 0. The number of amides is 1. The highest BCUT2D eigenvalue weighted by atomic mass is 79.9. The van der Waals surface area contributed by atoms with Gasteiger partial charge in [0.05, 0.1) is 5.69 Å². The molecule has 2 rings (SSSR count). The smallest absolute Gasteiger partial charge is 0.227 e. The van der Waals surface area contributed by atoms with Crippen molar-refractivity contribution in [2.75, 3.05) is 11.4 Å². The lowest BCUT2D eigenvalue weighted by molar-refractivity contribution is -0.117. The van der Waals surface area contributed by atoms with E-state index in [1.807, 2.05) is 23.1 Å². The van der Waals surface area contributed by atoms with E-state index < -0.39 is 0 Å². The van der Waals surface area contributed by atoms with E-state index >= 15 is 0 Å². The molecule has 0 aliphatic carbocycles. The Kier molecular flexibility index (Phi) is 5.04. The van der Waals surface area contributed by atoms with Crippen molar-refractivity contribution in [1.29, 1.82) is 0 Å². The van der Waals surface area contributed by atoms with E-state index in [0.717, 1.165) is 48.0 Å². The molecule has 0 radical (unpaired) electrons. The van der Waals surface area contributed by atoms with Crippen LogP contribution in [0.2, 0.25) is 0 Å². The highest BCUT2D eigenvalue weighted by Gasteiger charge is 2.23. The number of unbranched alkanes of at least 4 members (excludes halogenated alkanes) is 2. The molecule has 1 aromatic rings. The molecule has 1 heterocycles. The predicted molar refractivity (Wildman–Crippen MR) is 82.1 cm³/mol. The van der Waals surface area contributed by atoms with Gasteiger partial charge in [-0.3, -0.25) is 4.79 Å². The molecule has 0 spiro atoms. The van der Waals surface area contributed by atoms with Gasteiger partial charge in [0.15, 0.2) is 0 Å². The largest absolute Gasteiger partial charge is 0.311 e. The van der Waals surface area contributed by atoms with Crippen LogP contribution >= 0.6 is 15.9 Å². The number of hydrogen-bond acceptors (Lipinski definition) is 1. The summed E-state index contributed by atoms with van der Waals surface area (Å²) in [5.41, 5.74) is 1.90. The maximum atomic E-state index is 11.9. The number of benzene rings is 1. The van der Waals surface area contributed by atoms with Gasteiger partial charge in [-0.1, -0.05) is 41.1 Å². The van der Waals surface area contributed by atoms with Crippen molar-refractivity contribution in [2.45, 2.75) is 39.0 Å². The molecule has 0 saturated carbocycles. The van der Waals surface area contributed by atoms with Gasteiger partial charge in [0.1, 0.15) is 0 Å². The molecule has 0 N–H and O–H groups in total. The van der Waals surface area contributed by atoms with Gasteiger partial charge >= 0.3 is 0 Å². The van der Waals surface area contributed by atoms with Crippen molar-refractivity contribution in [3.05, 3.63) is 28.2 Å². The first-order valence-electron chi connectivity index (χ1n) is 6.81. The number of rotatable bonds is 3. The number of halogens is 1. The van der Waals surface area contributed by atoms with Crippen molar-refractivity contribution in [2.24, 2.45) is 0 Å². The monoisotopic (exact) mass is 319 g/mol. The van der Waals surface area contributed by atoms with Crippen LogP contribution in [0.4, 0.5) is 5.69 Å². The third kappa shape index (κ3) is 3.61. The predicted octanol–water partition coefficient (Wildman–Crippen LogP) is 4.12. The summed E-state index contributed by atoms with van der Waals surface area (Å²) < 4.78 is 1.00. The van der Waals surface area contributed by atoms with Crippen LogP contribution in [-0.2, 0) is 4.79 Å². The van der Waals surface area contributed by atoms with Gasteiger partial charge in [-0.05, 0) is 31.0 Å². The lowest BCUT2D eigenvalue weighted by Crippen LogP contribution is -2.24. The molecule has 1 fully saturated rings. The van der Waals surface area contributed by atoms with Crippen LogP contribution in [0.3, 0.4) is 0 Å². The maximum Gasteiger partial charge on any atom is 0.227 e. The molecule has 0 aromatic heterocycles. The molecule has 0 bridgehead atoms. The van der Waals surface area contributed by atoms with Crippen LogP contribution in [0.25, 0.3) is 0 Å². The zero-order valence-electron chi connectivity index (χ0n) is 11.2. The van der Waals surface area contributed by atoms with Crippen molar-refractivity contribution in [3.63, 3.8) is 0 Å². The highest BCUT2D eigenvalue weighted by Crippen LogP contribution is 2.27. The number of anilines is 1. The maximum absolute atomic E-state index is 11.9. The number of hydrogen-bond donors (Lipinski definition) is 0. The highest BCUT2D eigenvalue weighted by molar-refractivity contribution is 9.10. The van der Waals surface area contributed by atoms with Crippen LogP contribution in [0.15, 0.2) is 22.7 Å². The molecule has 3 heteroatoms. The van der Waals surface area contributed by atoms with E-state index in [-0.39, 0.29) is 5.91 Å². The molecule has 0 unspecified atom stereocenters. The Morgan fingerprint density at radius 1 is 1.42 bits per heavy atom. The topological polar surface area (TPSA) is 20.3 Å². The summed E-state index contributed by atoms with van der Waals surface area (Å²) in [4.78, 5) is 13.7. The normalized spacial score (nSPS) is 14.4. The third-order valence-electron chi connectivity index (χ3n) is 3.20. The molecule has 1 amide bonds. The Labute approximate surface area is 123 Å². The third-order valence-corrected chi connectivity index (χ3v) is 3.69. The quantitative estimate of drug-likeness (QED) is 0.606. The van der Waals surface area contributed by atoms with E-state index in [2.05, 4.69) is 34.7 Å². The second-order valence-corrected chi connectivity index (χ2v) is 5.63. The van der Waals surface area contributed by atoms with Crippen LogP contribution in [0.1, 0.15) is 44.6 Å². The molecule has 1 aromatic carbocycles. The lowest BCUT2D eigenvalue weighted by atomic mass is 10.1. The average Bonchev–Trinajstić information content (AvgIpc) is 2.81. The minimum atomic E-state index is 0.207. The van der Waals surface area contributed by atoms with Gasteiger partial charge < -0.3 is 4.90 Å². The fourth-order valence-electron chi connectivity index (χ4n) is 2.17. The fourth-order valence-corrected chi connectivity index (χ4v) is 2.53. The minimum Gasteiger partial charge on any atom is -0.311 e. The zero-order valence-corrected chi connectivity index (χ0v) is 12.8. The van der Waals surface area contributed by atoms with Gasteiger partial charge in [-0.25, -0.2) is 0 Å². The second kappa shape index (κ2) is 6.77. The molecular formula is C16H18BrNO. The van der Waals surface area contributed by atoms with Gasteiger partial charge in [0.2, 0.25) is 5.91 Å². The van der Waals surface area contributed by atoms with Crippen LogP contribution < -0.4 is 4.90 Å². The van der Waals surface area contributed by atoms with Crippen molar-refractivity contribution < 1.29 is 4.79 Å². The summed E-state index contributed by atoms with van der Waals surface area (Å²) in [6.07, 6.45) is 4.79. The first kappa shape index (κ1) is 14.1. The standard InChI is InChI=1S/C16H18BrNO/c1-2-3-4-5-7-13-12-14(17)9-10-15(13)18-11-6-8-16(18)19/h9-10,12H,2-4,6,8,11H2,1H3. The Hall–Kier alpha value is -1.27. The van der Waals surface area contributed by atoms with Crippen LogP contribution in [0, 0.1) is 11.8 Å². The summed E-state index contributed by atoms with van der Waals surface area (Å²) in [6, 6.07) is 5.95. The van der Waals surface area contributed by atoms with Crippen LogP contribution in [-0.4, -0.2) is 12.5 Å². The zero-order chi connectivity index (χ0) is 13.7. The SMILES string of the molecule is CCCCC#Cc1cc(Br)ccc1N1CCCC1=O. The summed E-state index contributed by atoms with van der Waals surface area (Å²) in [6.45, 7) is 2.97. The van der Waals surface area contributed by atoms with Crippen molar-refractivity contribution in [3.8, 4) is 11.8 Å². The Bertz CT molecular complexity index is 527. The minimum absolute atomic E-state index is 0.207. The molecule has 2 nitrogen and oxygen atoms in total. The molecular weight excluding hydrogens is 302 g/mol. The van der Waals surface area contributed by atoms with E-state index in [0.29, 0.717) is 6.42 Å². The van der Waals surface area contributed by atoms with E-state index in [9.17, 15) is 4.79 Å². The van der Waals surface area contributed by atoms with Gasteiger partial charge in [-0.2, -0.15) is 0 Å². The Balaban J connectivity index is 2.26. The molecule has 0 atom stereocenters. The van der Waals surface area contributed by atoms with E-state index in [1.165, 1.54) is 0 Å². The Morgan fingerprint density at radius 3 is 2.95 bits per heavy atom. The molecule has 1 saturated heterocycles. The first-order chi connectivity index (χ1) is 9.22. The molecule has 1 aliphatic rings.